The first kappa shape index (κ1) is 15.3. The molecule has 0 saturated carbocycles. The number of hydrogen-bond acceptors (Lipinski definition) is 6. The molecular formula is C10H15N3O5S. The smallest absolute Gasteiger partial charge is 0.312 e. The van der Waals surface area contributed by atoms with Crippen LogP contribution < -0.4 is 5.32 Å². The van der Waals surface area contributed by atoms with E-state index in [0.717, 1.165) is 4.31 Å². The van der Waals surface area contributed by atoms with Crippen LogP contribution in [0.25, 0.3) is 0 Å². The van der Waals surface area contributed by atoms with E-state index in [9.17, 15) is 18.5 Å². The number of aliphatic hydroxyl groups excluding tert-OH is 1. The number of nitrogens with one attached hydrogen (secondary N) is 1. The number of para-hydroxylation sites is 1. The van der Waals surface area contributed by atoms with Crippen LogP contribution in [0.3, 0.4) is 0 Å². The molecule has 0 aliphatic carbocycles. The van der Waals surface area contributed by atoms with Gasteiger partial charge >= 0.3 is 5.69 Å². The molecule has 0 radical (unpaired) electrons. The van der Waals surface area contributed by atoms with Crippen LogP contribution in [0.4, 0.5) is 11.4 Å². The lowest BCUT2D eigenvalue weighted by atomic mass is 10.3. The van der Waals surface area contributed by atoms with Crippen LogP contribution in [0.5, 0.6) is 0 Å². The third-order valence-electron chi connectivity index (χ3n) is 2.55. The maximum Gasteiger partial charge on any atom is 0.312 e. The van der Waals surface area contributed by atoms with E-state index in [1.54, 1.807) is 0 Å². The van der Waals surface area contributed by atoms with Gasteiger partial charge in [0.15, 0.2) is 4.90 Å². The molecule has 0 aliphatic heterocycles. The Morgan fingerprint density at radius 1 is 1.47 bits per heavy atom. The van der Waals surface area contributed by atoms with Gasteiger partial charge in [-0.2, -0.15) is 4.31 Å². The zero-order valence-corrected chi connectivity index (χ0v) is 11.3. The van der Waals surface area contributed by atoms with E-state index in [1.165, 1.54) is 32.3 Å². The van der Waals surface area contributed by atoms with E-state index in [2.05, 4.69) is 5.32 Å². The first-order chi connectivity index (χ1) is 8.86. The second-order valence-electron chi connectivity index (χ2n) is 3.71. The van der Waals surface area contributed by atoms with Gasteiger partial charge in [0, 0.05) is 20.6 Å². The summed E-state index contributed by atoms with van der Waals surface area (Å²) in [5, 5.41) is 22.4. The van der Waals surface area contributed by atoms with Gasteiger partial charge < -0.3 is 10.4 Å². The molecule has 0 atom stereocenters. The van der Waals surface area contributed by atoms with Crippen LogP contribution in [0, 0.1) is 10.1 Å². The highest BCUT2D eigenvalue weighted by Gasteiger charge is 2.31. The van der Waals surface area contributed by atoms with E-state index in [4.69, 9.17) is 5.11 Å². The molecule has 0 spiro atoms. The average molecular weight is 289 g/mol. The maximum atomic E-state index is 12.2. The Morgan fingerprint density at radius 3 is 2.58 bits per heavy atom. The number of nitro benzene ring substituents is 1. The van der Waals surface area contributed by atoms with Crippen molar-refractivity contribution >= 4 is 21.4 Å². The number of rotatable bonds is 6. The molecular weight excluding hydrogens is 274 g/mol. The van der Waals surface area contributed by atoms with Gasteiger partial charge in [0.1, 0.15) is 5.69 Å². The minimum Gasteiger partial charge on any atom is -0.395 e. The number of nitro groups is 1. The number of benzene rings is 1. The zero-order chi connectivity index (χ0) is 14.6. The largest absolute Gasteiger partial charge is 0.395 e. The van der Waals surface area contributed by atoms with E-state index in [-0.39, 0.29) is 18.8 Å². The standard InChI is InChI=1S/C10H15N3O5S/c1-11-8-4-3-5-9(10(8)13(15)16)19(17,18)12(2)6-7-14/h3-5,11,14H,6-7H2,1-2H3. The molecule has 0 amide bonds. The molecule has 9 heteroatoms. The van der Waals surface area contributed by atoms with Crippen molar-refractivity contribution in [2.75, 3.05) is 32.6 Å². The van der Waals surface area contributed by atoms with Crippen molar-refractivity contribution in [3.63, 3.8) is 0 Å². The third-order valence-corrected chi connectivity index (χ3v) is 4.44. The van der Waals surface area contributed by atoms with Gasteiger partial charge in [-0.1, -0.05) is 6.07 Å². The number of aliphatic hydroxyl groups is 1. The molecule has 0 bridgehead atoms. The molecule has 2 N–H and O–H groups in total. The lowest BCUT2D eigenvalue weighted by molar-refractivity contribution is -0.386. The molecule has 106 valence electrons. The van der Waals surface area contributed by atoms with E-state index < -0.39 is 25.5 Å². The van der Waals surface area contributed by atoms with Crippen LogP contribution >= 0.6 is 0 Å². The van der Waals surface area contributed by atoms with E-state index in [1.807, 2.05) is 0 Å². The minimum atomic E-state index is -4.02. The Morgan fingerprint density at radius 2 is 2.11 bits per heavy atom. The first-order valence-electron chi connectivity index (χ1n) is 5.38. The highest BCUT2D eigenvalue weighted by molar-refractivity contribution is 7.89. The Balaban J connectivity index is 3.46. The molecule has 0 heterocycles. The van der Waals surface area contributed by atoms with Crippen molar-refractivity contribution in [1.82, 2.24) is 4.31 Å². The molecule has 0 aliphatic rings. The monoisotopic (exact) mass is 289 g/mol. The lowest BCUT2D eigenvalue weighted by Crippen LogP contribution is -2.30. The van der Waals surface area contributed by atoms with Crippen LogP contribution in [-0.2, 0) is 10.0 Å². The Bertz CT molecular complexity index is 573. The summed E-state index contributed by atoms with van der Waals surface area (Å²) >= 11 is 0. The molecule has 1 rings (SSSR count). The van der Waals surface area contributed by atoms with E-state index in [0.29, 0.717) is 0 Å². The lowest BCUT2D eigenvalue weighted by Gasteiger charge is -2.16. The van der Waals surface area contributed by atoms with Crippen molar-refractivity contribution in [2.24, 2.45) is 0 Å². The summed E-state index contributed by atoms with van der Waals surface area (Å²) in [6.45, 7) is -0.501. The topological polar surface area (TPSA) is 113 Å². The highest BCUT2D eigenvalue weighted by Crippen LogP contribution is 2.32. The van der Waals surface area contributed by atoms with Crippen LogP contribution in [0.1, 0.15) is 0 Å². The van der Waals surface area contributed by atoms with Crippen LogP contribution in [0.15, 0.2) is 23.1 Å². The first-order valence-corrected chi connectivity index (χ1v) is 6.82. The molecule has 0 fully saturated rings. The second kappa shape index (κ2) is 5.95. The Labute approximate surface area is 110 Å². The summed E-state index contributed by atoms with van der Waals surface area (Å²) in [5.74, 6) is 0. The van der Waals surface area contributed by atoms with E-state index >= 15 is 0 Å². The zero-order valence-electron chi connectivity index (χ0n) is 10.5. The summed E-state index contributed by atoms with van der Waals surface area (Å²) in [5.41, 5.74) is -0.390. The fraction of sp³-hybridized carbons (Fsp3) is 0.400. The second-order valence-corrected chi connectivity index (χ2v) is 5.72. The fourth-order valence-corrected chi connectivity index (χ4v) is 2.89. The summed E-state index contributed by atoms with van der Waals surface area (Å²) in [6.07, 6.45) is 0. The quantitative estimate of drug-likeness (QED) is 0.573. The highest BCUT2D eigenvalue weighted by atomic mass is 32.2. The number of sulfonamides is 1. The Kier molecular flexibility index (Phi) is 4.81. The van der Waals surface area contributed by atoms with Gasteiger partial charge in [-0.25, -0.2) is 8.42 Å². The molecule has 0 saturated heterocycles. The van der Waals surface area contributed by atoms with Gasteiger partial charge in [-0.15, -0.1) is 0 Å². The molecule has 1 aromatic carbocycles. The fourth-order valence-electron chi connectivity index (χ4n) is 1.55. The van der Waals surface area contributed by atoms with Crippen LogP contribution in [-0.4, -0.2) is 50.0 Å². The molecule has 1 aromatic rings. The maximum absolute atomic E-state index is 12.2. The van der Waals surface area contributed by atoms with Crippen molar-refractivity contribution < 1.29 is 18.4 Å². The SMILES string of the molecule is CNc1cccc(S(=O)(=O)N(C)CCO)c1[N+](=O)[O-]. The molecule has 0 aromatic heterocycles. The Hall–Kier alpha value is -1.71. The van der Waals surface area contributed by atoms with Crippen molar-refractivity contribution in [3.8, 4) is 0 Å². The van der Waals surface area contributed by atoms with Gasteiger partial charge in [0.25, 0.3) is 0 Å². The van der Waals surface area contributed by atoms with Crippen molar-refractivity contribution in [1.29, 1.82) is 0 Å². The number of hydrogen-bond donors (Lipinski definition) is 2. The minimum absolute atomic E-state index is 0.114. The van der Waals surface area contributed by atoms with Gasteiger partial charge in [-0.05, 0) is 12.1 Å². The van der Waals surface area contributed by atoms with Crippen molar-refractivity contribution in [2.45, 2.75) is 4.90 Å². The number of nitrogens with zero attached hydrogens (tertiary/aromatic N) is 2. The van der Waals surface area contributed by atoms with Crippen molar-refractivity contribution in [3.05, 3.63) is 28.3 Å². The number of likely N-dealkylation sites (N-methyl/N-ethyl adjacent to an activating group) is 1. The van der Waals surface area contributed by atoms with Gasteiger partial charge in [0.2, 0.25) is 10.0 Å². The molecule has 8 nitrogen and oxygen atoms in total. The summed E-state index contributed by atoms with van der Waals surface area (Å²) < 4.78 is 25.3. The summed E-state index contributed by atoms with van der Waals surface area (Å²) in [7, 11) is -1.30. The summed E-state index contributed by atoms with van der Waals surface area (Å²) in [6, 6.07) is 4.00. The van der Waals surface area contributed by atoms with Crippen LogP contribution in [0.2, 0.25) is 0 Å². The average Bonchev–Trinajstić information content (AvgIpc) is 2.37. The molecule has 19 heavy (non-hydrogen) atoms. The third kappa shape index (κ3) is 3.00. The predicted molar refractivity (Wildman–Crippen MR) is 69.5 cm³/mol. The summed E-state index contributed by atoms with van der Waals surface area (Å²) in [4.78, 5) is 9.91. The predicted octanol–water partition coefficient (Wildman–Crippen LogP) is 0.249. The van der Waals surface area contributed by atoms with Gasteiger partial charge in [-0.3, -0.25) is 10.1 Å². The van der Waals surface area contributed by atoms with Gasteiger partial charge in [0.05, 0.1) is 11.5 Å². The normalized spacial score (nSPS) is 11.6. The number of anilines is 1. The molecule has 0 unspecified atom stereocenters.